The van der Waals surface area contributed by atoms with Crippen molar-refractivity contribution in [3.63, 3.8) is 0 Å². The Balaban J connectivity index is 1.77. The number of fused-ring (bicyclic) bond motifs is 1. The number of hydrogen-bond donors (Lipinski definition) is 2. The molecule has 1 saturated heterocycles. The second-order valence-electron chi connectivity index (χ2n) is 5.08. The largest absolute Gasteiger partial charge is 0.417 e. The minimum absolute atomic E-state index is 0.0878. The fourth-order valence-electron chi connectivity index (χ4n) is 2.35. The van der Waals surface area contributed by atoms with Crippen LogP contribution in [0.3, 0.4) is 0 Å². The number of hydrogen-bond acceptors (Lipinski definition) is 5. The Bertz CT molecular complexity index is 786. The summed E-state index contributed by atoms with van der Waals surface area (Å²) in [6, 6.07) is 4.31. The predicted molar refractivity (Wildman–Crippen MR) is 75.6 cm³/mol. The lowest BCUT2D eigenvalue weighted by molar-refractivity contribution is 0.0678. The molecule has 0 unspecified atom stereocenters. The lowest BCUT2D eigenvalue weighted by Gasteiger charge is -2.22. The average Bonchev–Trinajstić information content (AvgIpc) is 2.85. The van der Waals surface area contributed by atoms with Crippen LogP contribution in [0.1, 0.15) is 12.8 Å². The van der Waals surface area contributed by atoms with Crippen molar-refractivity contribution in [3.8, 4) is 0 Å². The number of benzene rings is 1. The van der Waals surface area contributed by atoms with Crippen molar-refractivity contribution in [1.82, 2.24) is 9.71 Å². The molecule has 1 aliphatic heterocycles. The van der Waals surface area contributed by atoms with Crippen LogP contribution < -0.4 is 10.5 Å². The first kappa shape index (κ1) is 14.3. The van der Waals surface area contributed by atoms with Gasteiger partial charge in [-0.1, -0.05) is 0 Å². The Hall–Kier alpha value is -1.64. The van der Waals surface area contributed by atoms with Crippen LogP contribution in [-0.4, -0.2) is 33.2 Å². The minimum Gasteiger partial charge on any atom is -0.408 e. The Morgan fingerprint density at radius 1 is 1.29 bits per heavy atom. The van der Waals surface area contributed by atoms with Gasteiger partial charge in [-0.2, -0.15) is 0 Å². The zero-order valence-corrected chi connectivity index (χ0v) is 12.1. The molecule has 1 fully saturated rings. The van der Waals surface area contributed by atoms with E-state index < -0.39 is 15.8 Å². The fraction of sp³-hybridized carbons (Fsp3) is 0.462. The zero-order chi connectivity index (χ0) is 14.9. The molecule has 114 valence electrons. The van der Waals surface area contributed by atoms with Gasteiger partial charge in [0.05, 0.1) is 10.4 Å². The molecule has 1 aromatic carbocycles. The molecule has 2 aromatic rings. The second kappa shape index (κ2) is 5.63. The molecule has 1 aromatic heterocycles. The lowest BCUT2D eigenvalue weighted by atomic mass is 10.0. The summed E-state index contributed by atoms with van der Waals surface area (Å²) in [5, 5.41) is 0. The Morgan fingerprint density at radius 3 is 2.81 bits per heavy atom. The van der Waals surface area contributed by atoms with E-state index in [0.29, 0.717) is 31.2 Å². The smallest absolute Gasteiger partial charge is 0.408 e. The van der Waals surface area contributed by atoms with E-state index >= 15 is 0 Å². The molecule has 21 heavy (non-hydrogen) atoms. The van der Waals surface area contributed by atoms with Crippen molar-refractivity contribution in [2.75, 3.05) is 19.8 Å². The van der Waals surface area contributed by atoms with Crippen LogP contribution in [0.4, 0.5) is 0 Å². The van der Waals surface area contributed by atoms with Gasteiger partial charge in [0.25, 0.3) is 0 Å². The summed E-state index contributed by atoms with van der Waals surface area (Å²) in [4.78, 5) is 13.6. The highest BCUT2D eigenvalue weighted by Gasteiger charge is 2.19. The number of ether oxygens (including phenoxy) is 1. The lowest BCUT2D eigenvalue weighted by Crippen LogP contribution is -2.32. The number of sulfonamides is 1. The van der Waals surface area contributed by atoms with E-state index in [1.807, 2.05) is 0 Å². The molecule has 1 aliphatic rings. The van der Waals surface area contributed by atoms with E-state index in [1.54, 1.807) is 0 Å². The van der Waals surface area contributed by atoms with E-state index in [4.69, 9.17) is 9.15 Å². The Kier molecular flexibility index (Phi) is 3.83. The molecule has 0 bridgehead atoms. The van der Waals surface area contributed by atoms with Crippen molar-refractivity contribution in [1.29, 1.82) is 0 Å². The van der Waals surface area contributed by atoms with E-state index in [-0.39, 0.29) is 10.5 Å². The summed E-state index contributed by atoms with van der Waals surface area (Å²) < 4.78 is 37.2. The molecule has 2 heterocycles. The highest BCUT2D eigenvalue weighted by Crippen LogP contribution is 2.18. The van der Waals surface area contributed by atoms with Gasteiger partial charge in [-0.15, -0.1) is 0 Å². The number of aromatic amines is 1. The number of H-pyrrole nitrogens is 1. The molecule has 0 spiro atoms. The number of nitrogens with one attached hydrogen (secondary N) is 2. The molecule has 0 aliphatic carbocycles. The van der Waals surface area contributed by atoms with Crippen molar-refractivity contribution in [2.45, 2.75) is 17.7 Å². The third kappa shape index (κ3) is 3.17. The molecule has 0 atom stereocenters. The van der Waals surface area contributed by atoms with Gasteiger partial charge < -0.3 is 9.15 Å². The highest BCUT2D eigenvalue weighted by molar-refractivity contribution is 7.89. The number of aromatic nitrogens is 1. The first-order valence-electron chi connectivity index (χ1n) is 6.75. The summed E-state index contributed by atoms with van der Waals surface area (Å²) in [6.45, 7) is 1.74. The van der Waals surface area contributed by atoms with Crippen LogP contribution in [0.25, 0.3) is 11.1 Å². The monoisotopic (exact) mass is 312 g/mol. The van der Waals surface area contributed by atoms with Crippen molar-refractivity contribution in [3.05, 3.63) is 28.7 Å². The van der Waals surface area contributed by atoms with Gasteiger partial charge in [0.1, 0.15) is 0 Å². The Morgan fingerprint density at radius 2 is 2.05 bits per heavy atom. The van der Waals surface area contributed by atoms with Crippen LogP contribution in [0.5, 0.6) is 0 Å². The van der Waals surface area contributed by atoms with E-state index in [1.165, 1.54) is 18.2 Å². The Labute approximate surface area is 121 Å². The van der Waals surface area contributed by atoms with E-state index in [0.717, 1.165) is 12.8 Å². The highest BCUT2D eigenvalue weighted by atomic mass is 32.2. The van der Waals surface area contributed by atoms with E-state index in [9.17, 15) is 13.2 Å². The van der Waals surface area contributed by atoms with Gasteiger partial charge in [0, 0.05) is 25.8 Å². The molecule has 3 rings (SSSR count). The van der Waals surface area contributed by atoms with Crippen LogP contribution in [0.15, 0.2) is 32.3 Å². The molecular formula is C13H16N2O5S. The molecule has 8 heteroatoms. The van der Waals surface area contributed by atoms with Crippen LogP contribution in [0, 0.1) is 5.92 Å². The fourth-order valence-corrected chi connectivity index (χ4v) is 3.49. The van der Waals surface area contributed by atoms with Crippen molar-refractivity contribution >= 4 is 21.1 Å². The van der Waals surface area contributed by atoms with Gasteiger partial charge >= 0.3 is 5.76 Å². The SMILES string of the molecule is O=c1[nH]c2ccc(S(=O)(=O)NCC3CCOCC3)cc2o1. The molecule has 2 N–H and O–H groups in total. The standard InChI is InChI=1S/C13H16N2O5S/c16-13-15-11-2-1-10(7-12(11)20-13)21(17,18)14-8-9-3-5-19-6-4-9/h1-2,7,9,14H,3-6,8H2,(H,15,16). The van der Waals surface area contributed by atoms with E-state index in [2.05, 4.69) is 9.71 Å². The number of oxazole rings is 1. The minimum atomic E-state index is -3.61. The molecule has 0 amide bonds. The topological polar surface area (TPSA) is 101 Å². The van der Waals surface area contributed by atoms with Gasteiger partial charge in [0.15, 0.2) is 5.58 Å². The summed E-state index contributed by atoms with van der Waals surface area (Å²) in [7, 11) is -3.61. The normalized spacial score (nSPS) is 17.3. The predicted octanol–water partition coefficient (Wildman–Crippen LogP) is 0.826. The average molecular weight is 312 g/mol. The quantitative estimate of drug-likeness (QED) is 0.870. The van der Waals surface area contributed by atoms with Gasteiger partial charge in [-0.3, -0.25) is 4.98 Å². The van der Waals surface area contributed by atoms with Gasteiger partial charge in [-0.05, 0) is 30.9 Å². The van der Waals surface area contributed by atoms with Crippen LogP contribution >= 0.6 is 0 Å². The third-order valence-corrected chi connectivity index (χ3v) is 5.03. The van der Waals surface area contributed by atoms with Crippen molar-refractivity contribution < 1.29 is 17.6 Å². The molecule has 0 saturated carbocycles. The first-order valence-corrected chi connectivity index (χ1v) is 8.23. The summed E-state index contributed by atoms with van der Waals surface area (Å²) >= 11 is 0. The molecule has 0 radical (unpaired) electrons. The number of rotatable bonds is 4. The van der Waals surface area contributed by atoms with Gasteiger partial charge in [-0.25, -0.2) is 17.9 Å². The summed E-state index contributed by atoms with van der Waals surface area (Å²) in [5.74, 6) is -0.308. The maximum absolute atomic E-state index is 12.3. The zero-order valence-electron chi connectivity index (χ0n) is 11.3. The third-order valence-electron chi connectivity index (χ3n) is 3.61. The van der Waals surface area contributed by atoms with Crippen molar-refractivity contribution in [2.24, 2.45) is 5.92 Å². The summed E-state index contributed by atoms with van der Waals surface area (Å²) in [5.41, 5.74) is 0.706. The van der Waals surface area contributed by atoms with Gasteiger partial charge in [0.2, 0.25) is 10.0 Å². The first-order chi connectivity index (χ1) is 10.0. The van der Waals surface area contributed by atoms with Crippen LogP contribution in [0.2, 0.25) is 0 Å². The summed E-state index contributed by atoms with van der Waals surface area (Å²) in [6.07, 6.45) is 1.71. The maximum Gasteiger partial charge on any atom is 0.417 e. The second-order valence-corrected chi connectivity index (χ2v) is 6.85. The molecule has 7 nitrogen and oxygen atoms in total. The molecular weight excluding hydrogens is 296 g/mol. The van der Waals surface area contributed by atoms with Crippen LogP contribution in [-0.2, 0) is 14.8 Å². The maximum atomic E-state index is 12.3.